The van der Waals surface area contributed by atoms with Crippen LogP contribution in [0.2, 0.25) is 0 Å². The molecule has 140 valence electrons. The van der Waals surface area contributed by atoms with E-state index in [9.17, 15) is 4.79 Å². The highest BCUT2D eigenvalue weighted by Gasteiger charge is 2.33. The number of hydrogen-bond donors (Lipinski definition) is 0. The number of para-hydroxylation sites is 1. The van der Waals surface area contributed by atoms with Crippen LogP contribution in [0, 0.1) is 13.8 Å². The molecule has 3 aromatic rings. The Kier molecular flexibility index (Phi) is 4.77. The van der Waals surface area contributed by atoms with Crippen LogP contribution < -0.4 is 0 Å². The van der Waals surface area contributed by atoms with E-state index in [1.807, 2.05) is 53.8 Å². The zero-order valence-electron chi connectivity index (χ0n) is 15.5. The van der Waals surface area contributed by atoms with Crippen molar-refractivity contribution in [3.05, 3.63) is 65.3 Å². The van der Waals surface area contributed by atoms with E-state index >= 15 is 0 Å². The second-order valence-electron chi connectivity index (χ2n) is 6.68. The van der Waals surface area contributed by atoms with Crippen LogP contribution in [0.5, 0.6) is 0 Å². The molecule has 4 rings (SSSR count). The van der Waals surface area contributed by atoms with Crippen LogP contribution in [-0.2, 0) is 16.0 Å². The van der Waals surface area contributed by atoms with Crippen LogP contribution in [0.25, 0.3) is 5.69 Å². The molecular weight excluding hydrogens is 344 g/mol. The van der Waals surface area contributed by atoms with E-state index in [1.54, 1.807) is 6.07 Å². The lowest BCUT2D eigenvalue weighted by molar-refractivity contribution is -0.139. The summed E-state index contributed by atoms with van der Waals surface area (Å²) in [7, 11) is 0. The third-order valence-corrected chi connectivity index (χ3v) is 4.95. The highest BCUT2D eigenvalue weighted by Crippen LogP contribution is 2.31. The number of aryl methyl sites for hydroxylation is 1. The van der Waals surface area contributed by atoms with E-state index in [0.29, 0.717) is 25.5 Å². The fourth-order valence-corrected chi connectivity index (χ4v) is 3.68. The number of amides is 1. The normalized spacial score (nSPS) is 17.3. The van der Waals surface area contributed by atoms with Crippen LogP contribution in [-0.4, -0.2) is 45.5 Å². The van der Waals surface area contributed by atoms with Crippen LogP contribution >= 0.6 is 0 Å². The second-order valence-corrected chi connectivity index (χ2v) is 6.68. The molecule has 1 aromatic carbocycles. The zero-order valence-corrected chi connectivity index (χ0v) is 15.5. The molecule has 1 saturated heterocycles. The summed E-state index contributed by atoms with van der Waals surface area (Å²) in [6, 6.07) is 11.6. The minimum atomic E-state index is -0.157. The Balaban J connectivity index is 1.66. The second kappa shape index (κ2) is 7.36. The molecular formula is C20H22N4O3. The fraction of sp³-hybridized carbons (Fsp3) is 0.350. The number of hydrogen-bond acceptors (Lipinski definition) is 5. The number of aromatic nitrogens is 3. The first kappa shape index (κ1) is 17.5. The van der Waals surface area contributed by atoms with Crippen LogP contribution in [0.3, 0.4) is 0 Å². The van der Waals surface area contributed by atoms with Gasteiger partial charge in [0.25, 0.3) is 0 Å². The Bertz CT molecular complexity index is 918. The molecule has 0 saturated carbocycles. The number of ether oxygens (including phenoxy) is 1. The average molecular weight is 366 g/mol. The van der Waals surface area contributed by atoms with Gasteiger partial charge in [-0.25, -0.2) is 4.68 Å². The summed E-state index contributed by atoms with van der Waals surface area (Å²) in [5, 5.41) is 8.58. The van der Waals surface area contributed by atoms with E-state index in [-0.39, 0.29) is 18.4 Å². The molecule has 1 amide bonds. The smallest absolute Gasteiger partial charge is 0.229 e. The van der Waals surface area contributed by atoms with Gasteiger partial charge < -0.3 is 14.2 Å². The standard InChI is InChI=1S/C20H22N4O3/c1-14-20(15(2)24(21-14)17-6-4-3-5-7-17)18-13-26-11-9-23(18)19(25)12-16-8-10-27-22-16/h3-8,10,18H,9,11-13H2,1-2H3/t18-/m1/s1. The van der Waals surface area contributed by atoms with Gasteiger partial charge in [0.15, 0.2) is 0 Å². The Hall–Kier alpha value is -2.93. The molecule has 0 N–H and O–H groups in total. The van der Waals surface area contributed by atoms with Crippen molar-refractivity contribution in [3.63, 3.8) is 0 Å². The van der Waals surface area contributed by atoms with Crippen molar-refractivity contribution in [3.8, 4) is 5.69 Å². The summed E-state index contributed by atoms with van der Waals surface area (Å²) >= 11 is 0. The highest BCUT2D eigenvalue weighted by molar-refractivity contribution is 5.79. The SMILES string of the molecule is Cc1nn(-c2ccccc2)c(C)c1[C@H]1COCCN1C(=O)Cc1ccon1. The number of benzene rings is 1. The van der Waals surface area contributed by atoms with Gasteiger partial charge in [0.1, 0.15) is 6.26 Å². The third-order valence-electron chi connectivity index (χ3n) is 4.95. The van der Waals surface area contributed by atoms with Crippen LogP contribution in [0.1, 0.15) is 28.7 Å². The first-order chi connectivity index (χ1) is 13.1. The maximum atomic E-state index is 12.9. The van der Waals surface area contributed by atoms with Gasteiger partial charge >= 0.3 is 0 Å². The van der Waals surface area contributed by atoms with Crippen molar-refractivity contribution in [2.45, 2.75) is 26.3 Å². The van der Waals surface area contributed by atoms with Gasteiger partial charge in [0.2, 0.25) is 5.91 Å². The topological polar surface area (TPSA) is 73.4 Å². The molecule has 3 heterocycles. The van der Waals surface area contributed by atoms with Crippen molar-refractivity contribution in [2.24, 2.45) is 0 Å². The van der Waals surface area contributed by atoms with Gasteiger partial charge in [0.05, 0.1) is 42.8 Å². The first-order valence-electron chi connectivity index (χ1n) is 9.03. The largest absolute Gasteiger partial charge is 0.377 e. The number of morpholine rings is 1. The van der Waals surface area contributed by atoms with Crippen molar-refractivity contribution < 1.29 is 14.1 Å². The molecule has 0 unspecified atom stereocenters. The molecule has 7 nitrogen and oxygen atoms in total. The van der Waals surface area contributed by atoms with Gasteiger partial charge in [0, 0.05) is 23.9 Å². The summed E-state index contributed by atoms with van der Waals surface area (Å²) in [6.07, 6.45) is 1.70. The number of carbonyl (C=O) groups is 1. The van der Waals surface area contributed by atoms with E-state index < -0.39 is 0 Å². The highest BCUT2D eigenvalue weighted by atomic mass is 16.5. The minimum absolute atomic E-state index is 0.0171. The number of nitrogens with zero attached hydrogens (tertiary/aromatic N) is 4. The van der Waals surface area contributed by atoms with Gasteiger partial charge in [-0.05, 0) is 26.0 Å². The molecule has 0 bridgehead atoms. The minimum Gasteiger partial charge on any atom is -0.377 e. The summed E-state index contributed by atoms with van der Waals surface area (Å²) in [4.78, 5) is 14.8. The van der Waals surface area contributed by atoms with E-state index in [1.165, 1.54) is 6.26 Å². The van der Waals surface area contributed by atoms with Gasteiger partial charge in [-0.2, -0.15) is 5.10 Å². The lowest BCUT2D eigenvalue weighted by Crippen LogP contribution is -2.44. The fourth-order valence-electron chi connectivity index (χ4n) is 3.68. The average Bonchev–Trinajstić information content (AvgIpc) is 3.30. The molecule has 0 aliphatic carbocycles. The summed E-state index contributed by atoms with van der Waals surface area (Å²) in [5.74, 6) is 0.0171. The Labute approximate surface area is 157 Å². The predicted molar refractivity (Wildman–Crippen MR) is 98.5 cm³/mol. The van der Waals surface area contributed by atoms with Crippen LogP contribution in [0.4, 0.5) is 0 Å². The molecule has 1 atom stereocenters. The molecule has 1 aliphatic rings. The molecule has 1 fully saturated rings. The van der Waals surface area contributed by atoms with E-state index in [0.717, 1.165) is 22.6 Å². The molecule has 2 aromatic heterocycles. The summed E-state index contributed by atoms with van der Waals surface area (Å²) < 4.78 is 12.5. The van der Waals surface area contributed by atoms with Crippen LogP contribution in [0.15, 0.2) is 47.2 Å². The number of rotatable bonds is 4. The Morgan fingerprint density at radius 1 is 1.22 bits per heavy atom. The summed E-state index contributed by atoms with van der Waals surface area (Å²) in [6.45, 7) is 5.57. The molecule has 27 heavy (non-hydrogen) atoms. The van der Waals surface area contributed by atoms with Crippen molar-refractivity contribution >= 4 is 5.91 Å². The quantitative estimate of drug-likeness (QED) is 0.710. The van der Waals surface area contributed by atoms with E-state index in [2.05, 4.69) is 5.16 Å². The molecule has 0 spiro atoms. The Morgan fingerprint density at radius 3 is 2.78 bits per heavy atom. The lowest BCUT2D eigenvalue weighted by atomic mass is 10.0. The monoisotopic (exact) mass is 366 g/mol. The zero-order chi connectivity index (χ0) is 18.8. The summed E-state index contributed by atoms with van der Waals surface area (Å²) in [5.41, 5.74) is 4.62. The van der Waals surface area contributed by atoms with Gasteiger partial charge in [-0.15, -0.1) is 0 Å². The number of carbonyl (C=O) groups excluding carboxylic acids is 1. The molecule has 1 aliphatic heterocycles. The van der Waals surface area contributed by atoms with Crippen molar-refractivity contribution in [2.75, 3.05) is 19.8 Å². The molecule has 0 radical (unpaired) electrons. The Morgan fingerprint density at radius 2 is 2.04 bits per heavy atom. The lowest BCUT2D eigenvalue weighted by Gasteiger charge is -2.36. The predicted octanol–water partition coefficient (Wildman–Crippen LogP) is 2.62. The maximum Gasteiger partial charge on any atom is 0.229 e. The van der Waals surface area contributed by atoms with Gasteiger partial charge in [-0.1, -0.05) is 23.4 Å². The van der Waals surface area contributed by atoms with Crippen molar-refractivity contribution in [1.29, 1.82) is 0 Å². The molecule has 7 heteroatoms. The van der Waals surface area contributed by atoms with E-state index in [4.69, 9.17) is 14.4 Å². The maximum absolute atomic E-state index is 12.9. The van der Waals surface area contributed by atoms with Crippen molar-refractivity contribution in [1.82, 2.24) is 19.8 Å². The van der Waals surface area contributed by atoms with Gasteiger partial charge in [-0.3, -0.25) is 4.79 Å². The first-order valence-corrected chi connectivity index (χ1v) is 9.03. The third kappa shape index (κ3) is 3.38.